The summed E-state index contributed by atoms with van der Waals surface area (Å²) in [6.07, 6.45) is 8.43. The predicted molar refractivity (Wildman–Crippen MR) is 67.6 cm³/mol. The van der Waals surface area contributed by atoms with E-state index in [4.69, 9.17) is 4.74 Å². The number of aryl methyl sites for hydroxylation is 1. The minimum absolute atomic E-state index is 0.403. The Morgan fingerprint density at radius 1 is 1.19 bits per heavy atom. The van der Waals surface area contributed by atoms with Crippen LogP contribution in [0.15, 0.2) is 24.3 Å². The van der Waals surface area contributed by atoms with Crippen molar-refractivity contribution < 1.29 is 4.74 Å². The van der Waals surface area contributed by atoms with Crippen LogP contribution < -0.4 is 0 Å². The highest BCUT2D eigenvalue weighted by Crippen LogP contribution is 2.30. The maximum absolute atomic E-state index is 5.31. The van der Waals surface area contributed by atoms with Crippen LogP contribution in [0.2, 0.25) is 0 Å². The summed E-state index contributed by atoms with van der Waals surface area (Å²) in [6, 6.07) is 8.90. The van der Waals surface area contributed by atoms with Gasteiger partial charge in [0.2, 0.25) is 0 Å². The molecule has 0 amide bonds. The molecule has 1 aromatic rings. The van der Waals surface area contributed by atoms with Crippen LogP contribution in [0, 0.1) is 0 Å². The van der Waals surface area contributed by atoms with Crippen LogP contribution >= 0.6 is 0 Å². The Hall–Kier alpha value is -0.820. The molecule has 0 radical (unpaired) electrons. The van der Waals surface area contributed by atoms with Crippen molar-refractivity contribution in [2.75, 3.05) is 6.61 Å². The molecule has 0 aliphatic carbocycles. The number of ether oxygens (including phenoxy) is 1. The van der Waals surface area contributed by atoms with Gasteiger partial charge in [0.15, 0.2) is 0 Å². The zero-order chi connectivity index (χ0) is 11.2. The van der Waals surface area contributed by atoms with Gasteiger partial charge in [-0.3, -0.25) is 0 Å². The maximum atomic E-state index is 5.31. The van der Waals surface area contributed by atoms with E-state index in [-0.39, 0.29) is 0 Å². The van der Waals surface area contributed by atoms with E-state index < -0.39 is 0 Å². The van der Waals surface area contributed by atoms with Crippen molar-refractivity contribution in [1.82, 2.24) is 0 Å². The summed E-state index contributed by atoms with van der Waals surface area (Å²) in [5, 5.41) is 0. The number of hydrogen-bond acceptors (Lipinski definition) is 1. The largest absolute Gasteiger partial charge is 0.368 e. The molecule has 1 aliphatic heterocycles. The molecule has 1 unspecified atom stereocenters. The Balaban J connectivity index is 1.73. The molecule has 1 atom stereocenters. The van der Waals surface area contributed by atoms with Crippen molar-refractivity contribution in [3.63, 3.8) is 0 Å². The second-order valence-corrected chi connectivity index (χ2v) is 4.73. The van der Waals surface area contributed by atoms with Crippen molar-refractivity contribution >= 4 is 0 Å². The predicted octanol–water partition coefficient (Wildman–Crippen LogP) is 4.27. The van der Waals surface area contributed by atoms with Crippen LogP contribution in [0.1, 0.15) is 56.3 Å². The van der Waals surface area contributed by atoms with Gasteiger partial charge < -0.3 is 4.74 Å². The molecular formula is C15H22O. The van der Waals surface area contributed by atoms with Gasteiger partial charge in [0, 0.05) is 0 Å². The summed E-state index contributed by atoms with van der Waals surface area (Å²) in [7, 11) is 0. The highest BCUT2D eigenvalue weighted by molar-refractivity contribution is 5.27. The smallest absolute Gasteiger partial charge is 0.106 e. The van der Waals surface area contributed by atoms with E-state index >= 15 is 0 Å². The van der Waals surface area contributed by atoms with Crippen LogP contribution in [0.4, 0.5) is 0 Å². The van der Waals surface area contributed by atoms with Gasteiger partial charge in [0.25, 0.3) is 0 Å². The normalized spacial score (nSPS) is 18.7. The van der Waals surface area contributed by atoms with E-state index in [1.54, 1.807) is 0 Å². The number of hydrogen-bond donors (Lipinski definition) is 0. The first kappa shape index (κ1) is 11.7. The van der Waals surface area contributed by atoms with E-state index in [0.717, 1.165) is 6.61 Å². The molecule has 1 aromatic carbocycles. The molecule has 1 nitrogen and oxygen atoms in total. The van der Waals surface area contributed by atoms with Crippen LogP contribution in [0.3, 0.4) is 0 Å². The lowest BCUT2D eigenvalue weighted by atomic mass is 10.0. The fraction of sp³-hybridized carbons (Fsp3) is 0.600. The van der Waals surface area contributed by atoms with Crippen LogP contribution in [-0.2, 0) is 11.2 Å². The fourth-order valence-corrected chi connectivity index (χ4v) is 2.12. The highest BCUT2D eigenvalue weighted by atomic mass is 16.6. The molecule has 1 aliphatic rings. The molecule has 1 fully saturated rings. The molecule has 16 heavy (non-hydrogen) atoms. The Kier molecular flexibility index (Phi) is 4.41. The van der Waals surface area contributed by atoms with E-state index in [0.29, 0.717) is 6.10 Å². The Bertz CT molecular complexity index is 315. The average Bonchev–Trinajstić information content (AvgIpc) is 3.13. The highest BCUT2D eigenvalue weighted by Gasteiger charge is 2.24. The molecule has 0 spiro atoms. The second-order valence-electron chi connectivity index (χ2n) is 4.73. The average molecular weight is 218 g/mol. The zero-order valence-corrected chi connectivity index (χ0v) is 10.2. The summed E-state index contributed by atoms with van der Waals surface area (Å²) in [6.45, 7) is 3.18. The fourth-order valence-electron chi connectivity index (χ4n) is 2.12. The lowest BCUT2D eigenvalue weighted by Crippen LogP contribution is -1.88. The first-order chi connectivity index (χ1) is 7.90. The van der Waals surface area contributed by atoms with E-state index in [1.807, 2.05) is 0 Å². The minimum Gasteiger partial charge on any atom is -0.368 e. The van der Waals surface area contributed by atoms with Crippen LogP contribution in [0.25, 0.3) is 0 Å². The van der Waals surface area contributed by atoms with Crippen LogP contribution in [-0.4, -0.2) is 6.61 Å². The van der Waals surface area contributed by atoms with E-state index in [2.05, 4.69) is 31.2 Å². The summed E-state index contributed by atoms with van der Waals surface area (Å²) >= 11 is 0. The topological polar surface area (TPSA) is 12.5 Å². The molecule has 0 aromatic heterocycles. The lowest BCUT2D eigenvalue weighted by Gasteiger charge is -2.03. The third kappa shape index (κ3) is 3.64. The molecular weight excluding hydrogens is 196 g/mol. The molecule has 88 valence electrons. The van der Waals surface area contributed by atoms with Crippen molar-refractivity contribution in [1.29, 1.82) is 0 Å². The summed E-state index contributed by atoms with van der Waals surface area (Å²) in [4.78, 5) is 0. The quantitative estimate of drug-likeness (QED) is 0.492. The minimum atomic E-state index is 0.403. The van der Waals surface area contributed by atoms with Gasteiger partial charge in [-0.1, -0.05) is 56.9 Å². The van der Waals surface area contributed by atoms with Crippen molar-refractivity contribution in [2.24, 2.45) is 0 Å². The second kappa shape index (κ2) is 6.05. The molecule has 2 rings (SSSR count). The monoisotopic (exact) mass is 218 g/mol. The van der Waals surface area contributed by atoms with Gasteiger partial charge in [0.1, 0.15) is 6.10 Å². The standard InChI is InChI=1S/C15H22O/c1-2-3-4-5-6-8-13-9-7-10-14(11-13)15-12-16-15/h7,9-11,15H,2-6,8,12H2,1H3. The van der Waals surface area contributed by atoms with Gasteiger partial charge in [-0.15, -0.1) is 0 Å². The van der Waals surface area contributed by atoms with Gasteiger partial charge in [-0.05, 0) is 24.0 Å². The van der Waals surface area contributed by atoms with Gasteiger partial charge in [-0.25, -0.2) is 0 Å². The van der Waals surface area contributed by atoms with E-state index in [9.17, 15) is 0 Å². The Morgan fingerprint density at radius 3 is 2.75 bits per heavy atom. The number of epoxide rings is 1. The Labute approximate surface area is 98.8 Å². The molecule has 1 heterocycles. The Morgan fingerprint density at radius 2 is 2.00 bits per heavy atom. The molecule has 1 saturated heterocycles. The first-order valence-corrected chi connectivity index (χ1v) is 6.60. The molecule has 0 N–H and O–H groups in total. The van der Waals surface area contributed by atoms with Crippen molar-refractivity contribution in [3.8, 4) is 0 Å². The maximum Gasteiger partial charge on any atom is 0.106 e. The van der Waals surface area contributed by atoms with Crippen molar-refractivity contribution in [3.05, 3.63) is 35.4 Å². The molecule has 0 bridgehead atoms. The zero-order valence-electron chi connectivity index (χ0n) is 10.2. The molecule has 1 heteroatoms. The van der Waals surface area contributed by atoms with Gasteiger partial charge in [-0.2, -0.15) is 0 Å². The number of benzene rings is 1. The van der Waals surface area contributed by atoms with Crippen LogP contribution in [0.5, 0.6) is 0 Å². The molecule has 0 saturated carbocycles. The summed E-state index contributed by atoms with van der Waals surface area (Å²) in [5.41, 5.74) is 2.84. The third-order valence-electron chi connectivity index (χ3n) is 3.23. The van der Waals surface area contributed by atoms with Gasteiger partial charge in [0.05, 0.1) is 6.61 Å². The van der Waals surface area contributed by atoms with Crippen molar-refractivity contribution in [2.45, 2.75) is 51.6 Å². The lowest BCUT2D eigenvalue weighted by molar-refractivity contribution is 0.415. The number of unbranched alkanes of at least 4 members (excludes halogenated alkanes) is 4. The third-order valence-corrected chi connectivity index (χ3v) is 3.23. The summed E-state index contributed by atoms with van der Waals surface area (Å²) < 4.78 is 5.31. The SMILES string of the molecule is CCCCCCCc1cccc(C2CO2)c1. The number of rotatable bonds is 7. The van der Waals surface area contributed by atoms with E-state index in [1.165, 1.54) is 49.7 Å². The summed E-state index contributed by atoms with van der Waals surface area (Å²) in [5.74, 6) is 0. The van der Waals surface area contributed by atoms with Gasteiger partial charge >= 0.3 is 0 Å². The first-order valence-electron chi connectivity index (χ1n) is 6.60.